The lowest BCUT2D eigenvalue weighted by molar-refractivity contribution is 0.894. The third kappa shape index (κ3) is 3.41. The van der Waals surface area contributed by atoms with E-state index in [4.69, 9.17) is 5.73 Å². The second kappa shape index (κ2) is 5.70. The minimum Gasteiger partial charge on any atom is -0.373 e. The molecule has 0 unspecified atom stereocenters. The van der Waals surface area contributed by atoms with Gasteiger partial charge in [-0.05, 0) is 12.2 Å². The molecule has 0 radical (unpaired) electrons. The van der Waals surface area contributed by atoms with Gasteiger partial charge in [0.2, 0.25) is 5.95 Å². The molecule has 0 atom stereocenters. The van der Waals surface area contributed by atoms with Crippen molar-refractivity contribution in [3.05, 3.63) is 6.07 Å². The molecular weight excluding hydrogens is 196 g/mol. The van der Waals surface area contributed by atoms with Crippen LogP contribution in [0.4, 0.5) is 11.8 Å². The molecule has 1 rings (SSSR count). The predicted molar refractivity (Wildman–Crippen MR) is 61.6 cm³/mol. The monoisotopic (exact) mass is 212 g/mol. The summed E-state index contributed by atoms with van der Waals surface area (Å²) in [6, 6.07) is 1.91. The van der Waals surface area contributed by atoms with E-state index in [1.54, 1.807) is 11.8 Å². The van der Waals surface area contributed by atoms with E-state index >= 15 is 0 Å². The fourth-order valence-corrected chi connectivity index (χ4v) is 1.96. The van der Waals surface area contributed by atoms with Crippen LogP contribution in [0.3, 0.4) is 0 Å². The molecule has 78 valence electrons. The van der Waals surface area contributed by atoms with Gasteiger partial charge < -0.3 is 11.1 Å². The summed E-state index contributed by atoms with van der Waals surface area (Å²) in [6.07, 6.45) is 2.40. The summed E-state index contributed by atoms with van der Waals surface area (Å²) < 4.78 is 0. The fourth-order valence-electron chi connectivity index (χ4n) is 0.966. The number of nitrogens with one attached hydrogen (secondary N) is 1. The molecule has 0 aliphatic carbocycles. The Morgan fingerprint density at radius 2 is 2.29 bits per heavy atom. The first-order chi connectivity index (χ1) is 6.76. The Morgan fingerprint density at radius 3 is 2.93 bits per heavy atom. The van der Waals surface area contributed by atoms with E-state index in [9.17, 15) is 0 Å². The number of hydrogen-bond acceptors (Lipinski definition) is 5. The van der Waals surface area contributed by atoms with Crippen molar-refractivity contribution in [1.82, 2.24) is 9.97 Å². The van der Waals surface area contributed by atoms with Crippen molar-refractivity contribution in [2.24, 2.45) is 0 Å². The molecule has 14 heavy (non-hydrogen) atoms. The maximum absolute atomic E-state index is 5.56. The molecule has 0 amide bonds. The summed E-state index contributed by atoms with van der Waals surface area (Å²) >= 11 is 1.72. The Hall–Kier alpha value is -0.970. The van der Waals surface area contributed by atoms with Gasteiger partial charge in [-0.3, -0.25) is 0 Å². The van der Waals surface area contributed by atoms with E-state index in [0.717, 1.165) is 16.6 Å². The van der Waals surface area contributed by atoms with Gasteiger partial charge in [-0.1, -0.05) is 13.3 Å². The quantitative estimate of drug-likeness (QED) is 0.444. The first-order valence-electron chi connectivity index (χ1n) is 4.71. The first kappa shape index (κ1) is 11.1. The second-order valence-electron chi connectivity index (χ2n) is 2.90. The van der Waals surface area contributed by atoms with Crippen LogP contribution in [-0.2, 0) is 0 Å². The maximum Gasteiger partial charge on any atom is 0.223 e. The van der Waals surface area contributed by atoms with Crippen molar-refractivity contribution in [3.63, 3.8) is 0 Å². The zero-order valence-electron chi connectivity index (χ0n) is 8.58. The van der Waals surface area contributed by atoms with Gasteiger partial charge in [-0.2, -0.15) is 4.98 Å². The molecule has 0 saturated carbocycles. The van der Waals surface area contributed by atoms with Crippen LogP contribution in [0.25, 0.3) is 0 Å². The zero-order chi connectivity index (χ0) is 10.4. The van der Waals surface area contributed by atoms with Gasteiger partial charge in [0.1, 0.15) is 10.8 Å². The lowest BCUT2D eigenvalue weighted by Crippen LogP contribution is -2.00. The summed E-state index contributed by atoms with van der Waals surface area (Å²) in [5.41, 5.74) is 5.56. The van der Waals surface area contributed by atoms with Crippen LogP contribution in [0, 0.1) is 0 Å². The highest BCUT2D eigenvalue weighted by Crippen LogP contribution is 2.20. The third-order valence-corrected chi connectivity index (χ3v) is 2.72. The molecule has 1 heterocycles. The van der Waals surface area contributed by atoms with Crippen molar-refractivity contribution in [2.75, 3.05) is 23.9 Å². The Morgan fingerprint density at radius 1 is 1.50 bits per heavy atom. The highest BCUT2D eigenvalue weighted by atomic mass is 32.2. The minimum absolute atomic E-state index is 0.329. The lowest BCUT2D eigenvalue weighted by atomic mass is 10.4. The molecule has 0 aromatic carbocycles. The van der Waals surface area contributed by atoms with Crippen molar-refractivity contribution in [3.8, 4) is 0 Å². The molecule has 0 spiro atoms. The van der Waals surface area contributed by atoms with E-state index in [1.165, 1.54) is 12.8 Å². The van der Waals surface area contributed by atoms with Crippen LogP contribution in [0.15, 0.2) is 11.1 Å². The Balaban J connectivity index is 2.62. The lowest BCUT2D eigenvalue weighted by Gasteiger charge is -2.04. The van der Waals surface area contributed by atoms with Crippen LogP contribution in [-0.4, -0.2) is 22.8 Å². The Labute approximate surface area is 88.7 Å². The van der Waals surface area contributed by atoms with Crippen LogP contribution in [0.1, 0.15) is 19.8 Å². The summed E-state index contributed by atoms with van der Waals surface area (Å²) in [4.78, 5) is 8.17. The highest BCUT2D eigenvalue weighted by Gasteiger charge is 2.00. The first-order valence-corrected chi connectivity index (χ1v) is 5.70. The van der Waals surface area contributed by atoms with E-state index in [2.05, 4.69) is 22.2 Å². The number of rotatable bonds is 5. The van der Waals surface area contributed by atoms with E-state index in [-0.39, 0.29) is 0 Å². The summed E-state index contributed by atoms with van der Waals surface area (Å²) in [7, 11) is 1.82. The van der Waals surface area contributed by atoms with Gasteiger partial charge in [0.15, 0.2) is 0 Å². The van der Waals surface area contributed by atoms with Crippen LogP contribution >= 0.6 is 11.8 Å². The standard InChI is InChI=1S/C9H16N4S/c1-3-4-5-14-8-6-7(11-2)12-9(10)13-8/h6H,3-5H2,1-2H3,(H3,10,11,12,13). The molecule has 1 aromatic heterocycles. The van der Waals surface area contributed by atoms with Crippen LogP contribution in [0.5, 0.6) is 0 Å². The molecule has 3 N–H and O–H groups in total. The number of nitrogens with zero attached hydrogens (tertiary/aromatic N) is 2. The van der Waals surface area contributed by atoms with Crippen LogP contribution < -0.4 is 11.1 Å². The number of anilines is 2. The molecule has 5 heteroatoms. The fraction of sp³-hybridized carbons (Fsp3) is 0.556. The summed E-state index contributed by atoms with van der Waals surface area (Å²) in [5, 5.41) is 3.89. The van der Waals surface area contributed by atoms with Crippen LogP contribution in [0.2, 0.25) is 0 Å². The number of nitrogens with two attached hydrogens (primary N) is 1. The smallest absolute Gasteiger partial charge is 0.223 e. The molecule has 4 nitrogen and oxygen atoms in total. The molecular formula is C9H16N4S. The van der Waals surface area contributed by atoms with E-state index in [1.807, 2.05) is 13.1 Å². The summed E-state index contributed by atoms with van der Waals surface area (Å²) in [6.45, 7) is 2.17. The van der Waals surface area contributed by atoms with Gasteiger partial charge in [0.05, 0.1) is 0 Å². The topological polar surface area (TPSA) is 63.8 Å². The van der Waals surface area contributed by atoms with Crippen molar-refractivity contribution < 1.29 is 0 Å². The largest absolute Gasteiger partial charge is 0.373 e. The van der Waals surface area contributed by atoms with Crippen molar-refractivity contribution in [1.29, 1.82) is 0 Å². The molecule has 0 saturated heterocycles. The molecule has 0 bridgehead atoms. The number of hydrogen-bond donors (Lipinski definition) is 2. The van der Waals surface area contributed by atoms with Crippen molar-refractivity contribution in [2.45, 2.75) is 24.8 Å². The average molecular weight is 212 g/mol. The third-order valence-electron chi connectivity index (χ3n) is 1.72. The second-order valence-corrected chi connectivity index (χ2v) is 4.02. The Bertz CT molecular complexity index is 290. The predicted octanol–water partition coefficient (Wildman–Crippen LogP) is 1.99. The van der Waals surface area contributed by atoms with Gasteiger partial charge >= 0.3 is 0 Å². The number of nitrogen functional groups attached to an aromatic ring is 1. The highest BCUT2D eigenvalue weighted by molar-refractivity contribution is 7.99. The minimum atomic E-state index is 0.329. The maximum atomic E-state index is 5.56. The molecule has 0 fully saturated rings. The van der Waals surface area contributed by atoms with Crippen molar-refractivity contribution >= 4 is 23.5 Å². The van der Waals surface area contributed by atoms with Gasteiger partial charge in [0, 0.05) is 13.1 Å². The Kier molecular flexibility index (Phi) is 4.52. The van der Waals surface area contributed by atoms with Gasteiger partial charge in [0.25, 0.3) is 0 Å². The molecule has 0 aliphatic rings. The van der Waals surface area contributed by atoms with E-state index in [0.29, 0.717) is 5.95 Å². The average Bonchev–Trinajstić information content (AvgIpc) is 2.17. The SMILES string of the molecule is CCCCSc1cc(NC)nc(N)n1. The molecule has 0 aliphatic heterocycles. The number of aromatic nitrogens is 2. The summed E-state index contributed by atoms with van der Waals surface area (Å²) in [5.74, 6) is 2.18. The number of unbranched alkanes of at least 4 members (excludes halogenated alkanes) is 1. The molecule has 1 aromatic rings. The zero-order valence-corrected chi connectivity index (χ0v) is 9.40. The normalized spacial score (nSPS) is 10.1. The van der Waals surface area contributed by atoms with E-state index < -0.39 is 0 Å². The number of thioether (sulfide) groups is 1. The van der Waals surface area contributed by atoms with Gasteiger partial charge in [-0.25, -0.2) is 4.98 Å². The van der Waals surface area contributed by atoms with Gasteiger partial charge in [-0.15, -0.1) is 11.8 Å².